The van der Waals surface area contributed by atoms with Crippen LogP contribution in [0.5, 0.6) is 0 Å². The summed E-state index contributed by atoms with van der Waals surface area (Å²) in [7, 11) is 0. The lowest BCUT2D eigenvalue weighted by atomic mass is 10.1. The first kappa shape index (κ1) is 29.3. The fourth-order valence-electron chi connectivity index (χ4n) is 5.55. The van der Waals surface area contributed by atoms with Gasteiger partial charge in [0.15, 0.2) is 6.23 Å². The second kappa shape index (κ2) is 12.9. The van der Waals surface area contributed by atoms with E-state index in [-0.39, 0.29) is 30.1 Å². The maximum Gasteiger partial charge on any atom is 0.251 e. The molecule has 1 aliphatic heterocycles. The van der Waals surface area contributed by atoms with Crippen LogP contribution >= 0.6 is 11.6 Å². The Morgan fingerprint density at radius 3 is 2.59 bits per heavy atom. The molecule has 1 fully saturated rings. The number of pyridine rings is 1. The number of nitrogens with one attached hydrogen (secondary N) is 1. The number of fused-ring (bicyclic) bond motifs is 1. The van der Waals surface area contributed by atoms with Crippen LogP contribution in [0.3, 0.4) is 0 Å². The molecule has 3 aromatic carbocycles. The van der Waals surface area contributed by atoms with Gasteiger partial charge in [-0.05, 0) is 79.4 Å². The van der Waals surface area contributed by atoms with Gasteiger partial charge in [0.1, 0.15) is 0 Å². The Kier molecular flexibility index (Phi) is 8.58. The normalized spacial score (nSPS) is 14.8. The topological polar surface area (TPSA) is 98.5 Å². The second-order valence-electron chi connectivity index (χ2n) is 10.8. The van der Waals surface area contributed by atoms with Gasteiger partial charge in [0, 0.05) is 53.1 Å². The molecule has 44 heavy (non-hydrogen) atoms. The summed E-state index contributed by atoms with van der Waals surface area (Å²) >= 11 is 6.32. The molecule has 5 aromatic rings. The number of hydrogen-bond acceptors (Lipinski definition) is 5. The maximum absolute atomic E-state index is 13.3. The van der Waals surface area contributed by atoms with E-state index < -0.39 is 0 Å². The Hall–Kier alpha value is -4.73. The molecule has 0 aliphatic carbocycles. The number of hydrogen-bond donors (Lipinski definition) is 1. The molecule has 1 aliphatic rings. The molecule has 9 nitrogen and oxygen atoms in total. The molecule has 2 aromatic heterocycles. The average Bonchev–Trinajstić information content (AvgIpc) is 3.40. The summed E-state index contributed by atoms with van der Waals surface area (Å²) < 4.78 is 9.48. The standard InChI is InChI=1S/C34H32ClN5O4/c1-23(41)39(27-14-11-24(12-15-27)22-38-17-4-2-9-32(38)42)28-8-6-7-25(19-28)34(43)36-21-30-29-20-26(35)13-16-31(29)40(37-30)33-10-3-5-18-44-33/h2,4,6-9,11-17,19-20,33H,3,5,10,18,21-22H2,1H3,(H,36,43). The number of carbonyl (C=O) groups excluding carboxylic acids is 2. The minimum Gasteiger partial charge on any atom is -0.356 e. The molecule has 1 saturated heterocycles. The van der Waals surface area contributed by atoms with E-state index in [0.29, 0.717) is 40.8 Å². The summed E-state index contributed by atoms with van der Waals surface area (Å²) in [6.45, 7) is 2.79. The number of anilines is 2. The molecule has 2 amide bonds. The quantitative estimate of drug-likeness (QED) is 0.225. The number of nitrogens with zero attached hydrogens (tertiary/aromatic N) is 4. The third-order valence-electron chi connectivity index (χ3n) is 7.72. The third-order valence-corrected chi connectivity index (χ3v) is 7.95. The van der Waals surface area contributed by atoms with Crippen molar-refractivity contribution in [2.45, 2.75) is 45.5 Å². The molecule has 0 radical (unpaired) electrons. The van der Waals surface area contributed by atoms with E-state index in [9.17, 15) is 14.4 Å². The van der Waals surface area contributed by atoms with Crippen molar-refractivity contribution in [3.05, 3.63) is 123 Å². The summed E-state index contributed by atoms with van der Waals surface area (Å²) in [4.78, 5) is 39.8. The van der Waals surface area contributed by atoms with Crippen LogP contribution in [0.25, 0.3) is 10.9 Å². The Balaban J connectivity index is 1.20. The van der Waals surface area contributed by atoms with Gasteiger partial charge in [-0.25, -0.2) is 4.68 Å². The third kappa shape index (κ3) is 6.29. The minimum atomic E-state index is -0.294. The van der Waals surface area contributed by atoms with E-state index in [1.54, 1.807) is 46.0 Å². The van der Waals surface area contributed by atoms with Gasteiger partial charge in [-0.2, -0.15) is 5.10 Å². The van der Waals surface area contributed by atoms with E-state index in [0.717, 1.165) is 35.7 Å². The zero-order valence-electron chi connectivity index (χ0n) is 24.3. The zero-order valence-corrected chi connectivity index (χ0v) is 25.0. The van der Waals surface area contributed by atoms with Crippen molar-refractivity contribution >= 4 is 45.7 Å². The highest BCUT2D eigenvalue weighted by Crippen LogP contribution is 2.30. The van der Waals surface area contributed by atoms with Crippen molar-refractivity contribution in [2.24, 2.45) is 0 Å². The lowest BCUT2D eigenvalue weighted by Gasteiger charge is -2.23. The van der Waals surface area contributed by atoms with Gasteiger partial charge in [-0.1, -0.05) is 35.9 Å². The van der Waals surface area contributed by atoms with Crippen molar-refractivity contribution in [2.75, 3.05) is 11.5 Å². The molecule has 0 spiro atoms. The van der Waals surface area contributed by atoms with Crippen LogP contribution in [-0.4, -0.2) is 32.8 Å². The molecule has 6 rings (SSSR count). The molecule has 1 atom stereocenters. The molecule has 3 heterocycles. The van der Waals surface area contributed by atoms with E-state index in [1.807, 2.05) is 53.2 Å². The second-order valence-corrected chi connectivity index (χ2v) is 11.2. The van der Waals surface area contributed by atoms with Gasteiger partial charge >= 0.3 is 0 Å². The van der Waals surface area contributed by atoms with Gasteiger partial charge in [-0.3, -0.25) is 19.3 Å². The first-order valence-electron chi connectivity index (χ1n) is 14.6. The molecule has 10 heteroatoms. The molecular weight excluding hydrogens is 578 g/mol. The average molecular weight is 610 g/mol. The lowest BCUT2D eigenvalue weighted by Crippen LogP contribution is -2.25. The SMILES string of the molecule is CC(=O)N(c1ccc(Cn2ccccc2=O)cc1)c1cccc(C(=O)NCc2nn(C3CCCCO3)c3ccc(Cl)cc23)c1. The molecule has 1 N–H and O–H groups in total. The van der Waals surface area contributed by atoms with E-state index in [2.05, 4.69) is 5.32 Å². The highest BCUT2D eigenvalue weighted by Gasteiger charge is 2.22. The Morgan fingerprint density at radius 1 is 1.00 bits per heavy atom. The molecule has 224 valence electrons. The van der Waals surface area contributed by atoms with Crippen molar-refractivity contribution in [1.82, 2.24) is 19.7 Å². The Bertz CT molecular complexity index is 1880. The van der Waals surface area contributed by atoms with Crippen molar-refractivity contribution < 1.29 is 14.3 Å². The highest BCUT2D eigenvalue weighted by molar-refractivity contribution is 6.31. The number of aromatic nitrogens is 3. The number of benzene rings is 3. The summed E-state index contributed by atoms with van der Waals surface area (Å²) in [5.74, 6) is -0.494. The summed E-state index contributed by atoms with van der Waals surface area (Å²) in [6, 6.07) is 25.0. The Labute approximate surface area is 259 Å². The van der Waals surface area contributed by atoms with Crippen molar-refractivity contribution in [1.29, 1.82) is 0 Å². The molecule has 0 saturated carbocycles. The molecule has 0 bridgehead atoms. The largest absolute Gasteiger partial charge is 0.356 e. The van der Waals surface area contributed by atoms with Crippen LogP contribution < -0.4 is 15.8 Å². The van der Waals surface area contributed by atoms with Crippen LogP contribution in [0.4, 0.5) is 11.4 Å². The summed E-state index contributed by atoms with van der Waals surface area (Å²) in [5.41, 5.74) is 4.07. The number of amides is 2. The molecule has 1 unspecified atom stereocenters. The van der Waals surface area contributed by atoms with Gasteiger partial charge in [-0.15, -0.1) is 0 Å². The van der Waals surface area contributed by atoms with Crippen LogP contribution in [0, 0.1) is 0 Å². The summed E-state index contributed by atoms with van der Waals surface area (Å²) in [5, 5.41) is 9.25. The fourth-order valence-corrected chi connectivity index (χ4v) is 5.72. The maximum atomic E-state index is 13.3. The van der Waals surface area contributed by atoms with Gasteiger partial charge in [0.2, 0.25) is 5.91 Å². The van der Waals surface area contributed by atoms with E-state index >= 15 is 0 Å². The fraction of sp³-hybridized carbons (Fsp3) is 0.235. The first-order valence-corrected chi connectivity index (χ1v) is 15.0. The number of carbonyl (C=O) groups is 2. The predicted octanol–water partition coefficient (Wildman–Crippen LogP) is 6.21. The number of rotatable bonds is 8. The zero-order chi connectivity index (χ0) is 30.6. The Morgan fingerprint density at radius 2 is 1.84 bits per heavy atom. The molecular formula is C34H32ClN5O4. The van der Waals surface area contributed by atoms with Crippen molar-refractivity contribution in [3.63, 3.8) is 0 Å². The van der Waals surface area contributed by atoms with Crippen LogP contribution in [0.1, 0.15) is 54.0 Å². The summed E-state index contributed by atoms with van der Waals surface area (Å²) in [6.07, 6.45) is 4.57. The van der Waals surface area contributed by atoms with Crippen LogP contribution in [0.15, 0.2) is 95.9 Å². The predicted molar refractivity (Wildman–Crippen MR) is 170 cm³/mol. The minimum absolute atomic E-state index is 0.0828. The monoisotopic (exact) mass is 609 g/mol. The van der Waals surface area contributed by atoms with Gasteiger partial charge in [0.05, 0.1) is 24.3 Å². The van der Waals surface area contributed by atoms with Crippen LogP contribution in [0.2, 0.25) is 5.02 Å². The smallest absolute Gasteiger partial charge is 0.251 e. The lowest BCUT2D eigenvalue weighted by molar-refractivity contribution is -0.115. The van der Waals surface area contributed by atoms with E-state index in [1.165, 1.54) is 13.0 Å². The number of ether oxygens (including phenoxy) is 1. The van der Waals surface area contributed by atoms with E-state index in [4.69, 9.17) is 21.4 Å². The van der Waals surface area contributed by atoms with Crippen molar-refractivity contribution in [3.8, 4) is 0 Å². The van der Waals surface area contributed by atoms with Crippen LogP contribution in [-0.2, 0) is 22.6 Å². The number of halogens is 1. The van der Waals surface area contributed by atoms with Gasteiger partial charge < -0.3 is 14.6 Å². The highest BCUT2D eigenvalue weighted by atomic mass is 35.5. The van der Waals surface area contributed by atoms with Gasteiger partial charge in [0.25, 0.3) is 11.5 Å². The first-order chi connectivity index (χ1) is 21.4.